The molecule has 3 aromatic rings. The van der Waals surface area contributed by atoms with E-state index >= 15 is 0 Å². The molecule has 10 heteroatoms. The first-order valence-electron chi connectivity index (χ1n) is 12.4. The SMILES string of the molecule is CCOC(=O)c1ccc(NC(=O)C[C@@H]2C(=O)N(c3ccc(C)cc3)C(=S)N2CCc2ccc(Cl)cc2Cl)cc1. The molecule has 0 aromatic heterocycles. The number of ether oxygens (including phenoxy) is 1. The lowest BCUT2D eigenvalue weighted by Gasteiger charge is -2.24. The molecule has 0 saturated carbocycles. The van der Waals surface area contributed by atoms with Crippen molar-refractivity contribution in [3.05, 3.63) is 93.5 Å². The van der Waals surface area contributed by atoms with E-state index in [0.717, 1.165) is 11.1 Å². The summed E-state index contributed by atoms with van der Waals surface area (Å²) < 4.78 is 4.99. The number of aryl methyl sites for hydroxylation is 1. The molecule has 7 nitrogen and oxygen atoms in total. The summed E-state index contributed by atoms with van der Waals surface area (Å²) in [4.78, 5) is 41.8. The zero-order valence-corrected chi connectivity index (χ0v) is 23.8. The third-order valence-corrected chi connectivity index (χ3v) is 7.31. The highest BCUT2D eigenvalue weighted by molar-refractivity contribution is 7.80. The van der Waals surface area contributed by atoms with Gasteiger partial charge in [-0.2, -0.15) is 0 Å². The number of hydrogen-bond acceptors (Lipinski definition) is 5. The maximum absolute atomic E-state index is 13.6. The molecule has 1 fully saturated rings. The number of hydrogen-bond donors (Lipinski definition) is 1. The number of esters is 1. The van der Waals surface area contributed by atoms with E-state index in [0.29, 0.717) is 45.1 Å². The third kappa shape index (κ3) is 6.76. The predicted octanol–water partition coefficient (Wildman–Crippen LogP) is 6.05. The van der Waals surface area contributed by atoms with Crippen molar-refractivity contribution < 1.29 is 19.1 Å². The van der Waals surface area contributed by atoms with Crippen molar-refractivity contribution in [1.29, 1.82) is 0 Å². The zero-order chi connectivity index (χ0) is 28.1. The van der Waals surface area contributed by atoms with E-state index < -0.39 is 12.0 Å². The molecular formula is C29H27Cl2N3O4S. The summed E-state index contributed by atoms with van der Waals surface area (Å²) in [5, 5.41) is 4.19. The number of nitrogens with one attached hydrogen (secondary N) is 1. The van der Waals surface area contributed by atoms with Gasteiger partial charge in [-0.3, -0.25) is 14.5 Å². The number of carbonyl (C=O) groups excluding carboxylic acids is 3. The van der Waals surface area contributed by atoms with Crippen LogP contribution in [0.4, 0.5) is 11.4 Å². The van der Waals surface area contributed by atoms with Crippen LogP contribution in [-0.4, -0.2) is 47.0 Å². The molecule has 0 spiro atoms. The molecule has 1 N–H and O–H groups in total. The second kappa shape index (κ2) is 12.6. The monoisotopic (exact) mass is 583 g/mol. The van der Waals surface area contributed by atoms with Crippen molar-refractivity contribution in [3.63, 3.8) is 0 Å². The first-order chi connectivity index (χ1) is 18.7. The van der Waals surface area contributed by atoms with Gasteiger partial charge in [-0.05, 0) is 86.6 Å². The molecule has 3 aromatic carbocycles. The van der Waals surface area contributed by atoms with Crippen molar-refractivity contribution in [2.75, 3.05) is 23.4 Å². The van der Waals surface area contributed by atoms with Gasteiger partial charge in [0.1, 0.15) is 6.04 Å². The van der Waals surface area contributed by atoms with Crippen LogP contribution in [0.1, 0.15) is 34.8 Å². The molecule has 1 aliphatic rings. The zero-order valence-electron chi connectivity index (χ0n) is 21.4. The maximum atomic E-state index is 13.6. The lowest BCUT2D eigenvalue weighted by molar-refractivity contribution is -0.124. The first kappa shape index (κ1) is 28.5. The summed E-state index contributed by atoms with van der Waals surface area (Å²) in [5.41, 5.74) is 3.43. The highest BCUT2D eigenvalue weighted by Gasteiger charge is 2.44. The van der Waals surface area contributed by atoms with Gasteiger partial charge in [0, 0.05) is 22.3 Å². The largest absolute Gasteiger partial charge is 0.462 e. The summed E-state index contributed by atoms with van der Waals surface area (Å²) in [7, 11) is 0. The molecule has 202 valence electrons. The van der Waals surface area contributed by atoms with Gasteiger partial charge in [-0.15, -0.1) is 0 Å². The Morgan fingerprint density at radius 3 is 2.36 bits per heavy atom. The third-order valence-electron chi connectivity index (χ3n) is 6.31. The average Bonchev–Trinajstić information content (AvgIpc) is 3.13. The van der Waals surface area contributed by atoms with Gasteiger partial charge in [0.25, 0.3) is 5.91 Å². The van der Waals surface area contributed by atoms with Gasteiger partial charge in [0.15, 0.2) is 5.11 Å². The number of thiocarbonyl (C=S) groups is 1. The minimum absolute atomic E-state index is 0.116. The van der Waals surface area contributed by atoms with Crippen LogP contribution in [0.2, 0.25) is 10.0 Å². The van der Waals surface area contributed by atoms with Gasteiger partial charge >= 0.3 is 5.97 Å². The minimum atomic E-state index is -0.802. The standard InChI is InChI=1S/C29H27Cl2N3O4S/c1-3-38-28(37)20-7-10-22(11-8-20)32-26(35)17-25-27(36)34(23-12-4-18(2)5-13-23)29(39)33(25)15-14-19-6-9-21(30)16-24(19)31/h4-13,16,25H,3,14-15,17H2,1-2H3,(H,32,35)/t25-/m1/s1. The fourth-order valence-electron chi connectivity index (χ4n) is 4.28. The van der Waals surface area contributed by atoms with Crippen LogP contribution in [0, 0.1) is 6.92 Å². The highest BCUT2D eigenvalue weighted by atomic mass is 35.5. The number of amides is 2. The molecule has 0 bridgehead atoms. The van der Waals surface area contributed by atoms with E-state index in [1.165, 1.54) is 4.90 Å². The van der Waals surface area contributed by atoms with E-state index in [9.17, 15) is 14.4 Å². The summed E-state index contributed by atoms with van der Waals surface area (Å²) in [6, 6.07) is 18.3. The van der Waals surface area contributed by atoms with Crippen molar-refractivity contribution in [3.8, 4) is 0 Å². The van der Waals surface area contributed by atoms with Crippen LogP contribution in [0.5, 0.6) is 0 Å². The van der Waals surface area contributed by atoms with Gasteiger partial charge in [0.2, 0.25) is 5.91 Å². The van der Waals surface area contributed by atoms with Crippen LogP contribution < -0.4 is 10.2 Å². The molecule has 1 saturated heterocycles. The Labute approximate surface area is 242 Å². The summed E-state index contributed by atoms with van der Waals surface area (Å²) in [6.45, 7) is 4.34. The maximum Gasteiger partial charge on any atom is 0.338 e. The van der Waals surface area contributed by atoms with Gasteiger partial charge in [0.05, 0.1) is 24.3 Å². The molecule has 39 heavy (non-hydrogen) atoms. The predicted molar refractivity (Wildman–Crippen MR) is 158 cm³/mol. The van der Waals surface area contributed by atoms with Crippen LogP contribution >= 0.6 is 35.4 Å². The number of rotatable bonds is 9. The molecule has 1 atom stereocenters. The number of anilines is 2. The molecule has 0 unspecified atom stereocenters. The lowest BCUT2D eigenvalue weighted by Crippen LogP contribution is -2.39. The number of benzene rings is 3. The second-order valence-corrected chi connectivity index (χ2v) is 10.2. The van der Waals surface area contributed by atoms with E-state index in [4.69, 9.17) is 40.2 Å². The van der Waals surface area contributed by atoms with Crippen LogP contribution in [-0.2, 0) is 20.7 Å². The van der Waals surface area contributed by atoms with Crippen LogP contribution in [0.3, 0.4) is 0 Å². The number of carbonyl (C=O) groups is 3. The molecule has 2 amide bonds. The summed E-state index contributed by atoms with van der Waals surface area (Å²) >= 11 is 18.2. The fraction of sp³-hybridized carbons (Fsp3) is 0.241. The Balaban J connectivity index is 1.52. The molecule has 0 aliphatic carbocycles. The average molecular weight is 585 g/mol. The van der Waals surface area contributed by atoms with E-state index in [1.807, 2.05) is 37.3 Å². The lowest BCUT2D eigenvalue weighted by atomic mass is 10.1. The minimum Gasteiger partial charge on any atom is -0.462 e. The Kier molecular flexibility index (Phi) is 9.22. The van der Waals surface area contributed by atoms with E-state index in [2.05, 4.69) is 5.32 Å². The molecule has 4 rings (SSSR count). The quantitative estimate of drug-likeness (QED) is 0.244. The number of nitrogens with zero attached hydrogens (tertiary/aromatic N) is 2. The Morgan fingerprint density at radius 2 is 1.72 bits per heavy atom. The topological polar surface area (TPSA) is 78.9 Å². The smallest absolute Gasteiger partial charge is 0.338 e. The van der Waals surface area contributed by atoms with Gasteiger partial charge in [-0.1, -0.05) is 47.0 Å². The molecule has 1 heterocycles. The van der Waals surface area contributed by atoms with Crippen LogP contribution in [0.25, 0.3) is 0 Å². The van der Waals surface area contributed by atoms with Crippen molar-refractivity contribution >= 4 is 69.7 Å². The first-order valence-corrected chi connectivity index (χ1v) is 13.6. The Hall–Kier alpha value is -3.46. The van der Waals surface area contributed by atoms with E-state index in [-0.39, 0.29) is 24.8 Å². The summed E-state index contributed by atoms with van der Waals surface area (Å²) in [5.74, 6) is -1.08. The van der Waals surface area contributed by atoms with Gasteiger partial charge in [-0.25, -0.2) is 4.79 Å². The molecule has 0 radical (unpaired) electrons. The summed E-state index contributed by atoms with van der Waals surface area (Å²) in [6.07, 6.45) is 0.383. The van der Waals surface area contributed by atoms with Gasteiger partial charge < -0.3 is 15.0 Å². The number of halogens is 2. The van der Waals surface area contributed by atoms with Crippen molar-refractivity contribution in [1.82, 2.24) is 4.90 Å². The fourth-order valence-corrected chi connectivity index (χ4v) is 5.19. The normalized spacial score (nSPS) is 15.0. The van der Waals surface area contributed by atoms with Crippen molar-refractivity contribution in [2.45, 2.75) is 32.7 Å². The molecule has 1 aliphatic heterocycles. The Morgan fingerprint density at radius 1 is 1.03 bits per heavy atom. The van der Waals surface area contributed by atoms with Crippen LogP contribution in [0.15, 0.2) is 66.7 Å². The highest BCUT2D eigenvalue weighted by Crippen LogP contribution is 2.29. The Bertz CT molecular complexity index is 1400. The van der Waals surface area contributed by atoms with Crippen molar-refractivity contribution in [2.24, 2.45) is 0 Å². The second-order valence-electron chi connectivity index (χ2n) is 9.04. The molecular weight excluding hydrogens is 557 g/mol. The van der Waals surface area contributed by atoms with E-state index in [1.54, 1.807) is 48.2 Å².